The second-order valence-electron chi connectivity index (χ2n) is 4.41. The van der Waals surface area contributed by atoms with E-state index in [1.54, 1.807) is 13.3 Å². The second kappa shape index (κ2) is 5.51. The monoisotopic (exact) mass is 328 g/mol. The Balaban J connectivity index is 1.85. The summed E-state index contributed by atoms with van der Waals surface area (Å²) in [7, 11) is 1.63. The summed E-state index contributed by atoms with van der Waals surface area (Å²) in [5.41, 5.74) is 3.06. The van der Waals surface area contributed by atoms with E-state index in [-0.39, 0.29) is 0 Å². The van der Waals surface area contributed by atoms with Gasteiger partial charge in [0, 0.05) is 21.1 Å². The third kappa shape index (κ3) is 2.75. The van der Waals surface area contributed by atoms with Crippen LogP contribution in [0.1, 0.15) is 11.4 Å². The van der Waals surface area contributed by atoms with Crippen molar-refractivity contribution in [2.75, 3.05) is 7.11 Å². The Kier molecular flexibility index (Phi) is 3.56. The minimum absolute atomic E-state index is 0.762. The first-order chi connectivity index (χ1) is 9.74. The van der Waals surface area contributed by atoms with Crippen molar-refractivity contribution < 1.29 is 4.74 Å². The van der Waals surface area contributed by atoms with Crippen molar-refractivity contribution in [1.82, 2.24) is 9.97 Å². The van der Waals surface area contributed by atoms with Crippen LogP contribution in [0, 0.1) is 0 Å². The van der Waals surface area contributed by atoms with E-state index in [1.165, 1.54) is 5.39 Å². The van der Waals surface area contributed by atoms with Crippen molar-refractivity contribution in [2.24, 2.45) is 0 Å². The summed E-state index contributed by atoms with van der Waals surface area (Å²) in [6, 6.07) is 12.1. The Morgan fingerprint density at radius 1 is 1.15 bits per heavy atom. The van der Waals surface area contributed by atoms with Crippen molar-refractivity contribution in [3.05, 3.63) is 58.5 Å². The molecule has 0 atom stereocenters. The van der Waals surface area contributed by atoms with E-state index in [0.29, 0.717) is 0 Å². The molecule has 3 rings (SSSR count). The fraction of sp³-hybridized carbons (Fsp3) is 0.0625. The minimum atomic E-state index is 0.762. The van der Waals surface area contributed by atoms with Crippen LogP contribution in [0.4, 0.5) is 0 Å². The zero-order valence-corrected chi connectivity index (χ0v) is 12.5. The summed E-state index contributed by atoms with van der Waals surface area (Å²) in [4.78, 5) is 7.66. The van der Waals surface area contributed by atoms with Gasteiger partial charge in [-0.3, -0.25) is 4.98 Å². The molecule has 0 saturated carbocycles. The number of hydrogen-bond acceptors (Lipinski definition) is 2. The Morgan fingerprint density at radius 3 is 2.80 bits per heavy atom. The van der Waals surface area contributed by atoms with Crippen LogP contribution >= 0.6 is 15.9 Å². The van der Waals surface area contributed by atoms with E-state index >= 15 is 0 Å². The summed E-state index contributed by atoms with van der Waals surface area (Å²) in [5, 5.41) is 1.19. The fourth-order valence-electron chi connectivity index (χ4n) is 2.00. The molecule has 1 aromatic carbocycles. The summed E-state index contributed by atoms with van der Waals surface area (Å²) >= 11 is 3.47. The van der Waals surface area contributed by atoms with Gasteiger partial charge in [0.25, 0.3) is 0 Å². The van der Waals surface area contributed by atoms with Crippen LogP contribution < -0.4 is 4.74 Å². The minimum Gasteiger partial charge on any atom is -0.495 e. The molecule has 0 aliphatic carbocycles. The Hall–Kier alpha value is -2.07. The maximum atomic E-state index is 5.09. The SMILES string of the molecule is COc1ccc(C=Cc2cc3ccc(Br)cc3[nH]2)nc1. The highest BCUT2D eigenvalue weighted by Gasteiger charge is 1.99. The molecular formula is C16H13BrN2O. The lowest BCUT2D eigenvalue weighted by Crippen LogP contribution is -1.85. The zero-order valence-electron chi connectivity index (χ0n) is 10.9. The normalized spacial score (nSPS) is 11.3. The number of aromatic nitrogens is 2. The molecule has 0 saturated heterocycles. The van der Waals surface area contributed by atoms with Crippen molar-refractivity contribution >= 4 is 39.0 Å². The standard InChI is InChI=1S/C16H13BrN2O/c1-20-15-7-6-13(18-10-15)4-5-14-8-11-2-3-12(17)9-16(11)19-14/h2-10,19H,1H3. The van der Waals surface area contributed by atoms with Crippen molar-refractivity contribution in [3.63, 3.8) is 0 Å². The third-order valence-electron chi connectivity index (χ3n) is 3.03. The third-order valence-corrected chi connectivity index (χ3v) is 3.53. The van der Waals surface area contributed by atoms with Crippen LogP contribution in [0.25, 0.3) is 23.1 Å². The Morgan fingerprint density at radius 2 is 2.05 bits per heavy atom. The van der Waals surface area contributed by atoms with Gasteiger partial charge in [-0.1, -0.05) is 22.0 Å². The predicted molar refractivity (Wildman–Crippen MR) is 85.7 cm³/mol. The molecule has 3 nitrogen and oxygen atoms in total. The Bertz CT molecular complexity index is 760. The number of nitrogens with zero attached hydrogens (tertiary/aromatic N) is 1. The molecule has 0 radical (unpaired) electrons. The molecule has 0 spiro atoms. The largest absolute Gasteiger partial charge is 0.495 e. The van der Waals surface area contributed by atoms with E-state index in [2.05, 4.69) is 44.1 Å². The number of hydrogen-bond donors (Lipinski definition) is 1. The van der Waals surface area contributed by atoms with Crippen LogP contribution in [-0.2, 0) is 0 Å². The van der Waals surface area contributed by atoms with Gasteiger partial charge in [0.2, 0.25) is 0 Å². The van der Waals surface area contributed by atoms with E-state index in [9.17, 15) is 0 Å². The summed E-state index contributed by atoms with van der Waals surface area (Å²) in [6.07, 6.45) is 5.70. The number of methoxy groups -OCH3 is 1. The van der Waals surface area contributed by atoms with Crippen LogP contribution in [0.5, 0.6) is 5.75 Å². The quantitative estimate of drug-likeness (QED) is 0.768. The maximum Gasteiger partial charge on any atom is 0.137 e. The molecule has 2 heterocycles. The van der Waals surface area contributed by atoms with E-state index < -0.39 is 0 Å². The number of halogens is 1. The smallest absolute Gasteiger partial charge is 0.137 e. The first-order valence-electron chi connectivity index (χ1n) is 6.21. The molecule has 0 bridgehead atoms. The first kappa shape index (κ1) is 12.9. The molecule has 20 heavy (non-hydrogen) atoms. The molecule has 100 valence electrons. The Labute approximate surface area is 125 Å². The van der Waals surface area contributed by atoms with E-state index in [1.807, 2.05) is 30.4 Å². The number of ether oxygens (including phenoxy) is 1. The van der Waals surface area contributed by atoms with Crippen LogP contribution in [0.3, 0.4) is 0 Å². The first-order valence-corrected chi connectivity index (χ1v) is 7.00. The molecule has 2 aromatic heterocycles. The molecular weight excluding hydrogens is 316 g/mol. The van der Waals surface area contributed by atoms with E-state index in [0.717, 1.165) is 27.1 Å². The number of benzene rings is 1. The van der Waals surface area contributed by atoms with Crippen LogP contribution in [0.2, 0.25) is 0 Å². The predicted octanol–water partition coefficient (Wildman–Crippen LogP) is 4.50. The average Bonchev–Trinajstić information content (AvgIpc) is 2.87. The highest BCUT2D eigenvalue weighted by Crippen LogP contribution is 2.21. The van der Waals surface area contributed by atoms with Gasteiger partial charge < -0.3 is 9.72 Å². The van der Waals surface area contributed by atoms with Gasteiger partial charge in [0.1, 0.15) is 5.75 Å². The number of aromatic amines is 1. The molecule has 1 N–H and O–H groups in total. The average molecular weight is 329 g/mol. The van der Waals surface area contributed by atoms with Gasteiger partial charge in [0.15, 0.2) is 0 Å². The second-order valence-corrected chi connectivity index (χ2v) is 5.33. The summed E-state index contributed by atoms with van der Waals surface area (Å²) in [6.45, 7) is 0. The molecule has 0 amide bonds. The lowest BCUT2D eigenvalue weighted by Gasteiger charge is -1.97. The highest BCUT2D eigenvalue weighted by molar-refractivity contribution is 9.10. The number of pyridine rings is 1. The number of fused-ring (bicyclic) bond motifs is 1. The lowest BCUT2D eigenvalue weighted by atomic mass is 10.2. The molecule has 0 unspecified atom stereocenters. The van der Waals surface area contributed by atoms with Gasteiger partial charge in [-0.15, -0.1) is 0 Å². The lowest BCUT2D eigenvalue weighted by molar-refractivity contribution is 0.413. The van der Waals surface area contributed by atoms with Gasteiger partial charge >= 0.3 is 0 Å². The van der Waals surface area contributed by atoms with Gasteiger partial charge in [-0.25, -0.2) is 0 Å². The van der Waals surface area contributed by atoms with Crippen LogP contribution in [0.15, 0.2) is 47.1 Å². The topological polar surface area (TPSA) is 37.9 Å². The molecule has 4 heteroatoms. The van der Waals surface area contributed by atoms with Crippen molar-refractivity contribution in [2.45, 2.75) is 0 Å². The van der Waals surface area contributed by atoms with Crippen molar-refractivity contribution in [1.29, 1.82) is 0 Å². The molecule has 0 fully saturated rings. The van der Waals surface area contributed by atoms with Gasteiger partial charge in [-0.2, -0.15) is 0 Å². The van der Waals surface area contributed by atoms with Crippen LogP contribution in [-0.4, -0.2) is 17.1 Å². The highest BCUT2D eigenvalue weighted by atomic mass is 79.9. The number of rotatable bonds is 3. The maximum absolute atomic E-state index is 5.09. The zero-order chi connectivity index (χ0) is 13.9. The van der Waals surface area contributed by atoms with E-state index in [4.69, 9.17) is 4.74 Å². The fourth-order valence-corrected chi connectivity index (χ4v) is 2.36. The van der Waals surface area contributed by atoms with Gasteiger partial charge in [-0.05, 0) is 42.5 Å². The molecule has 3 aromatic rings. The number of nitrogens with one attached hydrogen (secondary N) is 1. The molecule has 0 aliphatic heterocycles. The summed E-state index contributed by atoms with van der Waals surface area (Å²) < 4.78 is 6.15. The summed E-state index contributed by atoms with van der Waals surface area (Å²) in [5.74, 6) is 0.762. The number of H-pyrrole nitrogens is 1. The van der Waals surface area contributed by atoms with Gasteiger partial charge in [0.05, 0.1) is 19.0 Å². The molecule has 0 aliphatic rings. The van der Waals surface area contributed by atoms with Crippen molar-refractivity contribution in [3.8, 4) is 5.75 Å².